The molecule has 2 amide bonds. The molecule has 2 heterocycles. The van der Waals surface area contributed by atoms with Gasteiger partial charge in [0.05, 0.1) is 16.8 Å². The molecule has 0 aliphatic carbocycles. The van der Waals surface area contributed by atoms with E-state index in [1.54, 1.807) is 23.5 Å². The Morgan fingerprint density at radius 3 is 2.59 bits per heavy atom. The van der Waals surface area contributed by atoms with Crippen LogP contribution in [0, 0.1) is 0 Å². The normalized spacial score (nSPS) is 10.9. The Morgan fingerprint density at radius 1 is 1.00 bits per heavy atom. The molecule has 0 aliphatic heterocycles. The van der Waals surface area contributed by atoms with Crippen LogP contribution in [0.3, 0.4) is 0 Å². The van der Waals surface area contributed by atoms with Gasteiger partial charge in [-0.15, -0.1) is 11.3 Å². The fraction of sp³-hybridized carbons (Fsp3) is 0.100. The lowest BCUT2D eigenvalue weighted by Gasteiger charge is -2.06. The number of benzene rings is 2. The first-order valence-corrected chi connectivity index (χ1v) is 9.57. The van der Waals surface area contributed by atoms with Gasteiger partial charge in [-0.3, -0.25) is 0 Å². The van der Waals surface area contributed by atoms with E-state index < -0.39 is 0 Å². The third-order valence-electron chi connectivity index (χ3n) is 3.96. The zero-order valence-electron chi connectivity index (χ0n) is 14.2. The van der Waals surface area contributed by atoms with E-state index in [1.807, 2.05) is 48.5 Å². The van der Waals surface area contributed by atoms with Crippen LogP contribution in [0.5, 0.6) is 0 Å². The van der Waals surface area contributed by atoms with Gasteiger partial charge < -0.3 is 15.1 Å². The van der Waals surface area contributed by atoms with Gasteiger partial charge in [0.2, 0.25) is 0 Å². The lowest BCUT2D eigenvalue weighted by molar-refractivity contribution is 0.239. The molecule has 7 heteroatoms. The van der Waals surface area contributed by atoms with Crippen molar-refractivity contribution in [3.63, 3.8) is 0 Å². The minimum Gasteiger partial charge on any atom is -0.457 e. The molecule has 4 aromatic rings. The lowest BCUT2D eigenvalue weighted by atomic mass is 10.2. The van der Waals surface area contributed by atoms with E-state index in [0.29, 0.717) is 29.6 Å². The summed E-state index contributed by atoms with van der Waals surface area (Å²) in [5, 5.41) is 7.08. The minimum absolute atomic E-state index is 0.261. The molecule has 4 rings (SSSR count). The molecule has 0 fully saturated rings. The quantitative estimate of drug-likeness (QED) is 0.485. The van der Waals surface area contributed by atoms with Crippen LogP contribution >= 0.6 is 22.9 Å². The zero-order valence-corrected chi connectivity index (χ0v) is 15.8. The Balaban J connectivity index is 1.32. The number of furan rings is 1. The number of thiazole rings is 1. The van der Waals surface area contributed by atoms with Crippen molar-refractivity contribution >= 4 is 39.2 Å². The molecule has 0 unspecified atom stereocenters. The van der Waals surface area contributed by atoms with Crippen LogP contribution in [-0.4, -0.2) is 11.0 Å². The molecule has 136 valence electrons. The third-order valence-corrected chi connectivity index (χ3v) is 5.26. The SMILES string of the molecule is O=C(NCc1ccc(Cl)cc1)NCc1ccc(-c2nc3ccccc3s2)o1. The summed E-state index contributed by atoms with van der Waals surface area (Å²) in [5.41, 5.74) is 1.93. The Labute approximate surface area is 165 Å². The number of urea groups is 1. The maximum atomic E-state index is 12.0. The fourth-order valence-corrected chi connectivity index (χ4v) is 3.63. The monoisotopic (exact) mass is 397 g/mol. The van der Waals surface area contributed by atoms with Crippen molar-refractivity contribution in [1.82, 2.24) is 15.6 Å². The molecule has 0 saturated carbocycles. The molecule has 0 atom stereocenters. The highest BCUT2D eigenvalue weighted by Gasteiger charge is 2.11. The largest absolute Gasteiger partial charge is 0.457 e. The Hall–Kier alpha value is -2.83. The van der Waals surface area contributed by atoms with Gasteiger partial charge in [0.1, 0.15) is 5.76 Å². The van der Waals surface area contributed by atoms with Crippen molar-refractivity contribution < 1.29 is 9.21 Å². The van der Waals surface area contributed by atoms with Gasteiger partial charge in [-0.1, -0.05) is 35.9 Å². The summed E-state index contributed by atoms with van der Waals surface area (Å²) in [6, 6.07) is 18.8. The number of para-hydroxylation sites is 1. The van der Waals surface area contributed by atoms with Gasteiger partial charge in [-0.05, 0) is 42.0 Å². The van der Waals surface area contributed by atoms with E-state index in [1.165, 1.54) is 0 Å². The van der Waals surface area contributed by atoms with Crippen molar-refractivity contribution in [2.45, 2.75) is 13.1 Å². The number of carbonyl (C=O) groups is 1. The standard InChI is InChI=1S/C20H16ClN3O2S/c21-14-7-5-13(6-8-14)11-22-20(25)23-12-15-9-10-17(26-15)19-24-16-3-1-2-4-18(16)27-19/h1-10H,11-12H2,(H2,22,23,25). The van der Waals surface area contributed by atoms with E-state index in [0.717, 1.165) is 20.8 Å². The highest BCUT2D eigenvalue weighted by molar-refractivity contribution is 7.21. The number of carbonyl (C=O) groups excluding carboxylic acids is 1. The minimum atomic E-state index is -0.261. The number of nitrogens with zero attached hydrogens (tertiary/aromatic N) is 1. The summed E-state index contributed by atoms with van der Waals surface area (Å²) < 4.78 is 6.93. The highest BCUT2D eigenvalue weighted by atomic mass is 35.5. The maximum absolute atomic E-state index is 12.0. The summed E-state index contributed by atoms with van der Waals surface area (Å²) >= 11 is 7.43. The second-order valence-electron chi connectivity index (χ2n) is 5.92. The molecule has 0 saturated heterocycles. The topological polar surface area (TPSA) is 67.2 Å². The molecular formula is C20H16ClN3O2S. The van der Waals surface area contributed by atoms with E-state index >= 15 is 0 Å². The summed E-state index contributed by atoms with van der Waals surface area (Å²) in [6.07, 6.45) is 0. The summed E-state index contributed by atoms with van der Waals surface area (Å²) in [7, 11) is 0. The predicted molar refractivity (Wildman–Crippen MR) is 108 cm³/mol. The first kappa shape index (κ1) is 17.6. The highest BCUT2D eigenvalue weighted by Crippen LogP contribution is 2.31. The summed E-state index contributed by atoms with van der Waals surface area (Å²) in [4.78, 5) is 16.5. The molecule has 2 aromatic heterocycles. The number of amides is 2. The second-order valence-corrected chi connectivity index (χ2v) is 7.38. The van der Waals surface area contributed by atoms with Gasteiger partial charge in [0.15, 0.2) is 10.8 Å². The van der Waals surface area contributed by atoms with Crippen molar-refractivity contribution in [1.29, 1.82) is 0 Å². The van der Waals surface area contributed by atoms with Crippen molar-refractivity contribution in [2.75, 3.05) is 0 Å². The van der Waals surface area contributed by atoms with Crippen LogP contribution in [0.4, 0.5) is 4.79 Å². The van der Waals surface area contributed by atoms with E-state index in [9.17, 15) is 4.79 Å². The third kappa shape index (κ3) is 4.30. The number of fused-ring (bicyclic) bond motifs is 1. The van der Waals surface area contributed by atoms with Crippen LogP contribution in [0.25, 0.3) is 21.0 Å². The number of hydrogen-bond acceptors (Lipinski definition) is 4. The molecule has 0 bridgehead atoms. The maximum Gasteiger partial charge on any atom is 0.315 e. The van der Waals surface area contributed by atoms with Crippen LogP contribution in [0.1, 0.15) is 11.3 Å². The summed E-state index contributed by atoms with van der Waals surface area (Å²) in [5.74, 6) is 1.38. The van der Waals surface area contributed by atoms with Gasteiger partial charge >= 0.3 is 6.03 Å². The molecule has 2 N–H and O–H groups in total. The van der Waals surface area contributed by atoms with Crippen LogP contribution < -0.4 is 10.6 Å². The first-order chi connectivity index (χ1) is 13.2. The predicted octanol–water partition coefficient (Wildman–Crippen LogP) is 5.21. The van der Waals surface area contributed by atoms with Crippen molar-refractivity contribution in [2.24, 2.45) is 0 Å². The number of hydrogen-bond donors (Lipinski definition) is 2. The van der Waals surface area contributed by atoms with Gasteiger partial charge in [-0.2, -0.15) is 0 Å². The smallest absolute Gasteiger partial charge is 0.315 e. The van der Waals surface area contributed by atoms with Crippen molar-refractivity contribution in [3.05, 3.63) is 77.0 Å². The molecule has 0 radical (unpaired) electrons. The Kier molecular flexibility index (Phi) is 5.09. The van der Waals surface area contributed by atoms with Crippen molar-refractivity contribution in [3.8, 4) is 10.8 Å². The molecule has 5 nitrogen and oxygen atoms in total. The van der Waals surface area contributed by atoms with Gasteiger partial charge in [-0.25, -0.2) is 9.78 Å². The average Bonchev–Trinajstić information content (AvgIpc) is 3.32. The van der Waals surface area contributed by atoms with E-state index in [2.05, 4.69) is 15.6 Å². The number of halogens is 1. The van der Waals surface area contributed by atoms with Crippen LogP contribution in [0.15, 0.2) is 65.1 Å². The Morgan fingerprint density at radius 2 is 1.78 bits per heavy atom. The molecule has 0 aliphatic rings. The van der Waals surface area contributed by atoms with Gasteiger partial charge in [0, 0.05) is 11.6 Å². The lowest BCUT2D eigenvalue weighted by Crippen LogP contribution is -2.34. The number of nitrogens with one attached hydrogen (secondary N) is 2. The fourth-order valence-electron chi connectivity index (χ4n) is 2.58. The zero-order chi connectivity index (χ0) is 18.6. The second kappa shape index (κ2) is 7.82. The van der Waals surface area contributed by atoms with E-state index in [4.69, 9.17) is 16.0 Å². The number of aromatic nitrogens is 1. The Bertz CT molecular complexity index is 1040. The average molecular weight is 398 g/mol. The molecular weight excluding hydrogens is 382 g/mol. The summed E-state index contributed by atoms with van der Waals surface area (Å²) in [6.45, 7) is 0.732. The van der Waals surface area contributed by atoms with Gasteiger partial charge in [0.25, 0.3) is 0 Å². The van der Waals surface area contributed by atoms with Crippen LogP contribution in [-0.2, 0) is 13.1 Å². The number of rotatable bonds is 5. The molecule has 2 aromatic carbocycles. The first-order valence-electron chi connectivity index (χ1n) is 8.38. The molecule has 0 spiro atoms. The van der Waals surface area contributed by atoms with E-state index in [-0.39, 0.29) is 6.03 Å². The van der Waals surface area contributed by atoms with Crippen LogP contribution in [0.2, 0.25) is 5.02 Å². The molecule has 27 heavy (non-hydrogen) atoms.